The molecule has 0 amide bonds. The monoisotopic (exact) mass is 481 g/mol. The number of H-pyrrole nitrogens is 1. The van der Waals surface area contributed by atoms with E-state index in [1.165, 1.54) is 6.07 Å². The van der Waals surface area contributed by atoms with E-state index in [1.54, 1.807) is 36.0 Å². The Kier molecular flexibility index (Phi) is 8.26. The number of aromatic amines is 1. The number of ether oxygens (including phenoxy) is 1. The van der Waals surface area contributed by atoms with Gasteiger partial charge in [0.05, 0.1) is 24.6 Å². The molecule has 2 aromatic heterocycles. The zero-order valence-corrected chi connectivity index (χ0v) is 18.6. The number of unbranched alkanes of at least 4 members (excludes halogenated alkanes) is 1. The van der Waals surface area contributed by atoms with Crippen LogP contribution in [0.1, 0.15) is 37.4 Å². The maximum Gasteiger partial charge on any atom is 0.328 e. The number of aryl methyl sites for hydroxylation is 2. The number of nitrogens with zero attached hydrogens (tertiary/aromatic N) is 4. The van der Waals surface area contributed by atoms with Crippen LogP contribution in [0.25, 0.3) is 0 Å². The molecule has 0 spiro atoms. The highest BCUT2D eigenvalue weighted by molar-refractivity contribution is 5.32. The first-order valence-corrected chi connectivity index (χ1v) is 10.8. The Bertz CT molecular complexity index is 1210. The summed E-state index contributed by atoms with van der Waals surface area (Å²) >= 11 is 0. The van der Waals surface area contributed by atoms with Gasteiger partial charge in [-0.3, -0.25) is 14.3 Å². The van der Waals surface area contributed by atoms with Gasteiger partial charge in [-0.1, -0.05) is 24.3 Å². The predicted molar refractivity (Wildman–Crippen MR) is 116 cm³/mol. The fraction of sp³-hybridized carbons (Fsp3) is 0.455. The Morgan fingerprint density at radius 1 is 1.26 bits per heavy atom. The molecule has 0 aliphatic rings. The van der Waals surface area contributed by atoms with E-state index in [2.05, 4.69) is 10.3 Å². The molecular formula is C22H26F3N5O4. The van der Waals surface area contributed by atoms with Crippen LogP contribution in [0, 0.1) is 5.82 Å². The first kappa shape index (κ1) is 25.2. The van der Waals surface area contributed by atoms with Crippen molar-refractivity contribution < 1.29 is 23.0 Å². The maximum absolute atomic E-state index is 13.4. The third-order valence-corrected chi connectivity index (χ3v) is 5.49. The topological polar surface area (TPSA) is 115 Å². The zero-order valence-electron chi connectivity index (χ0n) is 18.6. The van der Waals surface area contributed by atoms with E-state index in [4.69, 9.17) is 4.74 Å². The van der Waals surface area contributed by atoms with Crippen LogP contribution in [0.15, 0.2) is 46.2 Å². The highest BCUT2D eigenvalue weighted by Gasteiger charge is 2.29. The average molecular weight is 481 g/mol. The Balaban J connectivity index is 1.64. The van der Waals surface area contributed by atoms with Gasteiger partial charge in [-0.25, -0.2) is 18.3 Å². The smallest absolute Gasteiger partial charge is 0.328 e. The lowest BCUT2D eigenvalue weighted by Gasteiger charge is -2.28. The van der Waals surface area contributed by atoms with E-state index in [0.29, 0.717) is 31.2 Å². The van der Waals surface area contributed by atoms with E-state index in [1.807, 2.05) is 4.98 Å². The summed E-state index contributed by atoms with van der Waals surface area (Å²) in [6, 6.07) is 6.39. The van der Waals surface area contributed by atoms with Gasteiger partial charge in [0.15, 0.2) is 0 Å². The fourth-order valence-electron chi connectivity index (χ4n) is 3.53. The fourth-order valence-corrected chi connectivity index (χ4v) is 3.53. The molecular weight excluding hydrogens is 455 g/mol. The summed E-state index contributed by atoms with van der Waals surface area (Å²) in [4.78, 5) is 24.8. The molecule has 34 heavy (non-hydrogen) atoms. The van der Waals surface area contributed by atoms with Gasteiger partial charge in [0, 0.05) is 6.54 Å². The molecule has 0 unspecified atom stereocenters. The van der Waals surface area contributed by atoms with Crippen LogP contribution >= 0.6 is 0 Å². The predicted octanol–water partition coefficient (Wildman–Crippen LogP) is 2.23. The maximum atomic E-state index is 13.4. The molecule has 1 aromatic carbocycles. The number of halogens is 3. The molecule has 0 aliphatic carbocycles. The summed E-state index contributed by atoms with van der Waals surface area (Å²) in [5.41, 5.74) is -1.82. The number of benzene rings is 1. The van der Waals surface area contributed by atoms with Gasteiger partial charge in [-0.2, -0.15) is 4.39 Å². The van der Waals surface area contributed by atoms with Crippen molar-refractivity contribution in [3.8, 4) is 5.75 Å². The molecule has 0 aliphatic heterocycles. The van der Waals surface area contributed by atoms with Crippen molar-refractivity contribution in [1.82, 2.24) is 24.5 Å². The number of hydrogen-bond acceptors (Lipinski definition) is 6. The molecule has 3 rings (SSSR count). The molecule has 1 atom stereocenters. The van der Waals surface area contributed by atoms with E-state index in [-0.39, 0.29) is 18.8 Å². The van der Waals surface area contributed by atoms with Gasteiger partial charge in [0.25, 0.3) is 12.0 Å². The summed E-state index contributed by atoms with van der Waals surface area (Å²) in [6.07, 6.45) is 1.85. The van der Waals surface area contributed by atoms with Crippen molar-refractivity contribution in [2.75, 3.05) is 6.61 Å². The first-order chi connectivity index (χ1) is 16.2. The molecule has 0 fully saturated rings. The van der Waals surface area contributed by atoms with Crippen LogP contribution in [0.5, 0.6) is 5.75 Å². The SMILES string of the molecule is CC[C@@](O)(Cn1nncc1CCCCn1cc(F)c(=O)[nH]c1=O)c1cccc(OCC(F)F)c1. The average Bonchev–Trinajstić information content (AvgIpc) is 3.25. The molecule has 2 heterocycles. The van der Waals surface area contributed by atoms with Crippen LogP contribution in [0.4, 0.5) is 13.2 Å². The van der Waals surface area contributed by atoms with Crippen LogP contribution in [-0.4, -0.2) is 42.7 Å². The van der Waals surface area contributed by atoms with Crippen LogP contribution in [0.3, 0.4) is 0 Å². The molecule has 12 heteroatoms. The number of hydrogen-bond donors (Lipinski definition) is 2. The van der Waals surface area contributed by atoms with Gasteiger partial charge in [-0.15, -0.1) is 5.10 Å². The minimum absolute atomic E-state index is 0.0850. The van der Waals surface area contributed by atoms with Crippen LogP contribution in [-0.2, 0) is 25.1 Å². The third kappa shape index (κ3) is 6.34. The van der Waals surface area contributed by atoms with E-state index < -0.39 is 35.7 Å². The quantitative estimate of drug-likeness (QED) is 0.384. The van der Waals surface area contributed by atoms with Gasteiger partial charge >= 0.3 is 5.69 Å². The summed E-state index contributed by atoms with van der Waals surface area (Å²) < 4.78 is 46.0. The number of aliphatic hydroxyl groups is 1. The summed E-state index contributed by atoms with van der Waals surface area (Å²) in [5, 5.41) is 19.3. The van der Waals surface area contributed by atoms with Gasteiger partial charge < -0.3 is 9.84 Å². The normalized spacial score (nSPS) is 13.2. The summed E-state index contributed by atoms with van der Waals surface area (Å²) in [6.45, 7) is 1.36. The Labute approximate surface area is 192 Å². The van der Waals surface area contributed by atoms with Crippen molar-refractivity contribution in [3.05, 3.63) is 74.6 Å². The van der Waals surface area contributed by atoms with E-state index >= 15 is 0 Å². The minimum Gasteiger partial charge on any atom is -0.488 e. The lowest BCUT2D eigenvalue weighted by Crippen LogP contribution is -2.32. The second kappa shape index (κ2) is 11.1. The Morgan fingerprint density at radius 3 is 2.79 bits per heavy atom. The number of nitrogens with one attached hydrogen (secondary N) is 1. The molecule has 9 nitrogen and oxygen atoms in total. The van der Waals surface area contributed by atoms with Gasteiger partial charge in [0.2, 0.25) is 5.82 Å². The molecule has 3 aromatic rings. The summed E-state index contributed by atoms with van der Waals surface area (Å²) in [5.74, 6) is -0.790. The second-order valence-electron chi connectivity index (χ2n) is 7.88. The lowest BCUT2D eigenvalue weighted by atomic mass is 9.90. The molecule has 0 saturated heterocycles. The van der Waals surface area contributed by atoms with Gasteiger partial charge in [-0.05, 0) is 43.4 Å². The van der Waals surface area contributed by atoms with Crippen molar-refractivity contribution >= 4 is 0 Å². The highest BCUT2D eigenvalue weighted by Crippen LogP contribution is 2.30. The largest absolute Gasteiger partial charge is 0.488 e. The molecule has 2 N–H and O–H groups in total. The Hall–Kier alpha value is -3.41. The van der Waals surface area contributed by atoms with E-state index in [9.17, 15) is 27.9 Å². The molecule has 184 valence electrons. The van der Waals surface area contributed by atoms with Crippen LogP contribution in [0.2, 0.25) is 0 Å². The van der Waals surface area contributed by atoms with Crippen molar-refractivity contribution in [2.45, 2.75) is 57.7 Å². The number of alkyl halides is 2. The lowest BCUT2D eigenvalue weighted by molar-refractivity contribution is 0.00935. The molecule has 0 saturated carbocycles. The highest BCUT2D eigenvalue weighted by atomic mass is 19.3. The number of aromatic nitrogens is 5. The zero-order chi connectivity index (χ0) is 24.7. The summed E-state index contributed by atoms with van der Waals surface area (Å²) in [7, 11) is 0. The van der Waals surface area contributed by atoms with Crippen molar-refractivity contribution in [1.29, 1.82) is 0 Å². The first-order valence-electron chi connectivity index (χ1n) is 10.8. The second-order valence-corrected chi connectivity index (χ2v) is 7.88. The van der Waals surface area contributed by atoms with E-state index in [0.717, 1.165) is 16.5 Å². The molecule has 0 bridgehead atoms. The van der Waals surface area contributed by atoms with Crippen molar-refractivity contribution in [3.63, 3.8) is 0 Å². The Morgan fingerprint density at radius 2 is 2.06 bits per heavy atom. The van der Waals surface area contributed by atoms with Crippen molar-refractivity contribution in [2.24, 2.45) is 0 Å². The number of rotatable bonds is 12. The molecule has 0 radical (unpaired) electrons. The standard InChI is InChI=1S/C22H26F3N5O4/c1-2-22(33,15-6-5-8-17(10-15)34-13-19(24)25)14-30-16(11-26-28-30)7-3-4-9-29-12-18(23)20(31)27-21(29)32/h5-6,8,10-12,19,33H,2-4,7,9,13-14H2,1H3,(H,27,31,32)/t22-/m1/s1. The minimum atomic E-state index is -2.60. The third-order valence-electron chi connectivity index (χ3n) is 5.49. The van der Waals surface area contributed by atoms with Crippen LogP contribution < -0.4 is 16.0 Å². The van der Waals surface area contributed by atoms with Gasteiger partial charge in [0.1, 0.15) is 18.0 Å².